The molecule has 1 N–H and O–H groups in total. The fourth-order valence-corrected chi connectivity index (χ4v) is 3.51. The quantitative estimate of drug-likeness (QED) is 0.231. The molecule has 4 rings (SSSR count). The molecular formula is C27H21FO3. The first-order chi connectivity index (χ1) is 14.9. The normalized spacial score (nSPS) is 11.2. The number of ether oxygens (including phenoxy) is 1. The molecule has 4 aromatic rings. The molecule has 0 amide bonds. The van der Waals surface area contributed by atoms with Crippen LogP contribution in [0.5, 0.6) is 11.5 Å². The van der Waals surface area contributed by atoms with Gasteiger partial charge in [-0.05, 0) is 95.4 Å². The van der Waals surface area contributed by atoms with Crippen LogP contribution < -0.4 is 4.74 Å². The van der Waals surface area contributed by atoms with Crippen molar-refractivity contribution in [3.63, 3.8) is 0 Å². The lowest BCUT2D eigenvalue weighted by Crippen LogP contribution is -2.10. The standard InChI is InChI=1S/C27H21FO3/c1-17-13-19(14-18(2)26(17)29)7-8-22-15-20-5-3-4-6-21(20)16-25(22)27(30)31-24-11-9-23(28)10-12-24/h3-16,29H,1-2H3/b8-7+. The molecular weight excluding hydrogens is 391 g/mol. The highest BCUT2D eigenvalue weighted by atomic mass is 19.1. The second-order valence-electron chi connectivity index (χ2n) is 7.47. The molecule has 0 aliphatic rings. The Kier molecular flexibility index (Phi) is 5.54. The predicted molar refractivity (Wildman–Crippen MR) is 122 cm³/mol. The Morgan fingerprint density at radius 1 is 0.871 bits per heavy atom. The van der Waals surface area contributed by atoms with Gasteiger partial charge in [-0.3, -0.25) is 0 Å². The number of aryl methyl sites for hydroxylation is 2. The van der Waals surface area contributed by atoms with Crippen molar-refractivity contribution in [1.82, 2.24) is 0 Å². The van der Waals surface area contributed by atoms with Gasteiger partial charge in [-0.2, -0.15) is 0 Å². The molecule has 4 heteroatoms. The molecule has 0 bridgehead atoms. The number of halogens is 1. The summed E-state index contributed by atoms with van der Waals surface area (Å²) < 4.78 is 18.6. The van der Waals surface area contributed by atoms with Crippen molar-refractivity contribution in [3.05, 3.63) is 106 Å². The number of hydrogen-bond acceptors (Lipinski definition) is 3. The second-order valence-corrected chi connectivity index (χ2v) is 7.47. The molecule has 31 heavy (non-hydrogen) atoms. The molecule has 0 radical (unpaired) electrons. The fraction of sp³-hybridized carbons (Fsp3) is 0.0741. The van der Waals surface area contributed by atoms with Gasteiger partial charge in [0.05, 0.1) is 5.56 Å². The minimum atomic E-state index is -0.518. The second kappa shape index (κ2) is 8.44. The third kappa shape index (κ3) is 4.48. The Morgan fingerprint density at radius 3 is 2.13 bits per heavy atom. The highest BCUT2D eigenvalue weighted by Gasteiger charge is 2.14. The van der Waals surface area contributed by atoms with Crippen molar-refractivity contribution in [2.45, 2.75) is 13.8 Å². The Balaban J connectivity index is 1.74. The van der Waals surface area contributed by atoms with E-state index < -0.39 is 11.8 Å². The number of rotatable bonds is 4. The number of phenolic OH excluding ortho intramolecular Hbond substituents is 1. The molecule has 0 aliphatic carbocycles. The molecule has 0 heterocycles. The van der Waals surface area contributed by atoms with E-state index in [2.05, 4.69) is 0 Å². The van der Waals surface area contributed by atoms with Gasteiger partial charge in [-0.15, -0.1) is 0 Å². The lowest BCUT2D eigenvalue weighted by Gasteiger charge is -2.10. The van der Waals surface area contributed by atoms with E-state index in [4.69, 9.17) is 4.74 Å². The number of benzene rings is 4. The molecule has 0 aliphatic heterocycles. The van der Waals surface area contributed by atoms with Crippen LogP contribution in [0.25, 0.3) is 22.9 Å². The SMILES string of the molecule is Cc1cc(/C=C/c2cc3ccccc3cc2C(=O)Oc2ccc(F)cc2)cc(C)c1O. The van der Waals surface area contributed by atoms with Gasteiger partial charge in [-0.1, -0.05) is 36.4 Å². The summed E-state index contributed by atoms with van der Waals surface area (Å²) >= 11 is 0. The molecule has 0 unspecified atom stereocenters. The van der Waals surface area contributed by atoms with Crippen LogP contribution in [0, 0.1) is 19.7 Å². The average Bonchev–Trinajstić information content (AvgIpc) is 2.76. The van der Waals surface area contributed by atoms with E-state index in [0.717, 1.165) is 27.5 Å². The van der Waals surface area contributed by atoms with E-state index in [1.165, 1.54) is 24.3 Å². The zero-order chi connectivity index (χ0) is 22.0. The number of hydrogen-bond donors (Lipinski definition) is 1. The lowest BCUT2D eigenvalue weighted by atomic mass is 9.99. The Hall–Kier alpha value is -3.92. The monoisotopic (exact) mass is 412 g/mol. The third-order valence-corrected chi connectivity index (χ3v) is 5.13. The van der Waals surface area contributed by atoms with Crippen molar-refractivity contribution in [3.8, 4) is 11.5 Å². The van der Waals surface area contributed by atoms with Gasteiger partial charge in [0.15, 0.2) is 0 Å². The summed E-state index contributed by atoms with van der Waals surface area (Å²) in [5.74, 6) is -0.352. The lowest BCUT2D eigenvalue weighted by molar-refractivity contribution is 0.0734. The summed E-state index contributed by atoms with van der Waals surface area (Å²) in [5, 5.41) is 11.9. The van der Waals surface area contributed by atoms with E-state index >= 15 is 0 Å². The van der Waals surface area contributed by atoms with Crippen LogP contribution in [0.2, 0.25) is 0 Å². The molecule has 154 valence electrons. The number of esters is 1. The zero-order valence-electron chi connectivity index (χ0n) is 17.2. The van der Waals surface area contributed by atoms with Crippen LogP contribution in [-0.4, -0.2) is 11.1 Å². The Bertz CT molecular complexity index is 1280. The molecule has 0 atom stereocenters. The molecule has 0 fully saturated rings. The van der Waals surface area contributed by atoms with Crippen LogP contribution in [-0.2, 0) is 0 Å². The molecule has 0 aromatic heterocycles. The highest BCUT2D eigenvalue weighted by Crippen LogP contribution is 2.26. The maximum absolute atomic E-state index is 13.2. The van der Waals surface area contributed by atoms with Gasteiger partial charge in [-0.25, -0.2) is 9.18 Å². The summed E-state index contributed by atoms with van der Waals surface area (Å²) in [4.78, 5) is 12.9. The van der Waals surface area contributed by atoms with E-state index in [1.54, 1.807) is 6.07 Å². The number of phenols is 1. The van der Waals surface area contributed by atoms with Crippen LogP contribution in [0.4, 0.5) is 4.39 Å². The van der Waals surface area contributed by atoms with Crippen molar-refractivity contribution >= 4 is 28.9 Å². The summed E-state index contributed by atoms with van der Waals surface area (Å²) in [5.41, 5.74) is 3.60. The maximum atomic E-state index is 13.2. The van der Waals surface area contributed by atoms with Crippen molar-refractivity contribution in [1.29, 1.82) is 0 Å². The molecule has 0 saturated carbocycles. The number of carbonyl (C=O) groups excluding carboxylic acids is 1. The smallest absolute Gasteiger partial charge is 0.344 e. The van der Waals surface area contributed by atoms with Crippen LogP contribution in [0.1, 0.15) is 32.6 Å². The minimum Gasteiger partial charge on any atom is -0.507 e. The van der Waals surface area contributed by atoms with Gasteiger partial charge in [0.2, 0.25) is 0 Å². The van der Waals surface area contributed by atoms with Crippen LogP contribution in [0.15, 0.2) is 72.8 Å². The fourth-order valence-electron chi connectivity index (χ4n) is 3.51. The molecule has 4 aromatic carbocycles. The van der Waals surface area contributed by atoms with Crippen molar-refractivity contribution in [2.75, 3.05) is 0 Å². The van der Waals surface area contributed by atoms with Gasteiger partial charge in [0.1, 0.15) is 17.3 Å². The topological polar surface area (TPSA) is 46.5 Å². The summed E-state index contributed by atoms with van der Waals surface area (Å²) in [6, 6.07) is 20.6. The first kappa shape index (κ1) is 20.4. The Labute approximate surface area is 180 Å². The van der Waals surface area contributed by atoms with E-state index in [9.17, 15) is 14.3 Å². The van der Waals surface area contributed by atoms with E-state index in [-0.39, 0.29) is 11.5 Å². The average molecular weight is 412 g/mol. The molecule has 0 spiro atoms. The Morgan fingerprint density at radius 2 is 1.48 bits per heavy atom. The van der Waals surface area contributed by atoms with E-state index in [1.807, 2.05) is 68.5 Å². The number of carbonyl (C=O) groups is 1. The maximum Gasteiger partial charge on any atom is 0.344 e. The van der Waals surface area contributed by atoms with Gasteiger partial charge in [0.25, 0.3) is 0 Å². The largest absolute Gasteiger partial charge is 0.507 e. The van der Waals surface area contributed by atoms with E-state index in [0.29, 0.717) is 11.1 Å². The number of aromatic hydroxyl groups is 1. The van der Waals surface area contributed by atoms with Gasteiger partial charge < -0.3 is 9.84 Å². The highest BCUT2D eigenvalue weighted by molar-refractivity contribution is 6.01. The van der Waals surface area contributed by atoms with Crippen molar-refractivity contribution in [2.24, 2.45) is 0 Å². The van der Waals surface area contributed by atoms with Gasteiger partial charge in [0, 0.05) is 0 Å². The van der Waals surface area contributed by atoms with Crippen LogP contribution >= 0.6 is 0 Å². The zero-order valence-corrected chi connectivity index (χ0v) is 17.2. The summed E-state index contributed by atoms with van der Waals surface area (Å²) in [6.45, 7) is 3.70. The summed E-state index contributed by atoms with van der Waals surface area (Å²) in [7, 11) is 0. The first-order valence-electron chi connectivity index (χ1n) is 9.89. The first-order valence-corrected chi connectivity index (χ1v) is 9.89. The van der Waals surface area contributed by atoms with Crippen molar-refractivity contribution < 1.29 is 19.0 Å². The minimum absolute atomic E-state index is 0.277. The third-order valence-electron chi connectivity index (χ3n) is 5.13. The van der Waals surface area contributed by atoms with Gasteiger partial charge >= 0.3 is 5.97 Å². The molecule has 0 saturated heterocycles. The molecule has 3 nitrogen and oxygen atoms in total. The van der Waals surface area contributed by atoms with Crippen LogP contribution in [0.3, 0.4) is 0 Å². The number of fused-ring (bicyclic) bond motifs is 1. The predicted octanol–water partition coefficient (Wildman–Crippen LogP) is 6.69. The summed E-state index contributed by atoms with van der Waals surface area (Å²) in [6.07, 6.45) is 3.76.